The quantitative estimate of drug-likeness (QED) is 0.521. The molecule has 0 atom stereocenters. The number of nitrogens with zero attached hydrogens (tertiary/aromatic N) is 1. The van der Waals surface area contributed by atoms with E-state index in [1.165, 1.54) is 6.08 Å². The van der Waals surface area contributed by atoms with Gasteiger partial charge < -0.3 is 4.74 Å². The van der Waals surface area contributed by atoms with Crippen molar-refractivity contribution in [3.63, 3.8) is 0 Å². The number of halogens is 2. The van der Waals surface area contributed by atoms with Gasteiger partial charge in [0.15, 0.2) is 0 Å². The summed E-state index contributed by atoms with van der Waals surface area (Å²) in [6.45, 7) is 3.76. The van der Waals surface area contributed by atoms with Gasteiger partial charge in [-0.1, -0.05) is 6.08 Å². The van der Waals surface area contributed by atoms with E-state index in [1.54, 1.807) is 13.2 Å². The molecule has 0 bridgehead atoms. The number of methoxy groups -OCH3 is 1. The van der Waals surface area contributed by atoms with Crippen LogP contribution < -0.4 is 4.74 Å². The lowest BCUT2D eigenvalue weighted by Crippen LogP contribution is -2.27. The molecule has 7 heteroatoms. The van der Waals surface area contributed by atoms with E-state index in [0.717, 1.165) is 31.2 Å². The van der Waals surface area contributed by atoms with Gasteiger partial charge in [0.2, 0.25) is 0 Å². The highest BCUT2D eigenvalue weighted by molar-refractivity contribution is 9.11. The number of ether oxygens (including phenoxy) is 1. The summed E-state index contributed by atoms with van der Waals surface area (Å²) in [6.07, 6.45) is 3.21. The molecule has 0 spiro atoms. The van der Waals surface area contributed by atoms with Crippen molar-refractivity contribution in [3.8, 4) is 5.75 Å². The topological polar surface area (TPSA) is 46.6 Å². The van der Waals surface area contributed by atoms with Crippen LogP contribution in [0.5, 0.6) is 5.75 Å². The summed E-state index contributed by atoms with van der Waals surface area (Å²) in [4.78, 5) is 25.4. The van der Waals surface area contributed by atoms with Gasteiger partial charge in [0.05, 0.1) is 21.0 Å². The average molecular weight is 433 g/mol. The van der Waals surface area contributed by atoms with Crippen LogP contribution in [0, 0.1) is 0 Å². The van der Waals surface area contributed by atoms with Gasteiger partial charge in [-0.05, 0) is 67.4 Å². The highest BCUT2D eigenvalue weighted by Gasteiger charge is 2.34. The van der Waals surface area contributed by atoms with Gasteiger partial charge >= 0.3 is 0 Å². The summed E-state index contributed by atoms with van der Waals surface area (Å²) >= 11 is 7.74. The first-order valence-corrected chi connectivity index (χ1v) is 8.27. The van der Waals surface area contributed by atoms with Crippen LogP contribution in [0.4, 0.5) is 4.79 Å². The number of hydrogen-bond acceptors (Lipinski definition) is 4. The maximum Gasteiger partial charge on any atom is 0.293 e. The Kier molecular flexibility index (Phi) is 5.29. The fourth-order valence-electron chi connectivity index (χ4n) is 1.80. The highest BCUT2D eigenvalue weighted by atomic mass is 79.9. The van der Waals surface area contributed by atoms with E-state index in [1.807, 2.05) is 12.1 Å². The predicted octanol–water partition coefficient (Wildman–Crippen LogP) is 4.44. The van der Waals surface area contributed by atoms with Crippen molar-refractivity contribution in [1.82, 2.24) is 4.90 Å². The van der Waals surface area contributed by atoms with Crippen molar-refractivity contribution in [2.45, 2.75) is 0 Å². The maximum absolute atomic E-state index is 12.1. The molecule has 21 heavy (non-hydrogen) atoms. The average Bonchev–Trinajstić information content (AvgIpc) is 2.66. The van der Waals surface area contributed by atoms with E-state index in [9.17, 15) is 9.59 Å². The van der Waals surface area contributed by atoms with E-state index in [0.29, 0.717) is 10.7 Å². The molecule has 2 amide bonds. The van der Waals surface area contributed by atoms with E-state index in [-0.39, 0.29) is 17.7 Å². The number of amides is 2. The molecule has 1 saturated heterocycles. The minimum atomic E-state index is -0.298. The van der Waals surface area contributed by atoms with Gasteiger partial charge in [-0.25, -0.2) is 0 Å². The lowest BCUT2D eigenvalue weighted by atomic mass is 10.2. The fraction of sp³-hybridized carbons (Fsp3) is 0.143. The molecule has 0 saturated carbocycles. The molecule has 1 aromatic rings. The fourth-order valence-corrected chi connectivity index (χ4v) is 4.19. The predicted molar refractivity (Wildman–Crippen MR) is 91.3 cm³/mol. The van der Waals surface area contributed by atoms with Crippen LogP contribution in [0.15, 0.2) is 38.6 Å². The number of carbonyl (C=O) groups is 2. The Morgan fingerprint density at radius 1 is 1.33 bits per heavy atom. The largest absolute Gasteiger partial charge is 0.494 e. The summed E-state index contributed by atoms with van der Waals surface area (Å²) in [7, 11) is 1.57. The van der Waals surface area contributed by atoms with Crippen LogP contribution in [-0.2, 0) is 4.79 Å². The molecular formula is C14H11Br2NO3S. The number of imide groups is 1. The number of thioether (sulfide) groups is 1. The molecule has 2 rings (SSSR count). The molecular weight excluding hydrogens is 422 g/mol. The molecule has 4 nitrogen and oxygen atoms in total. The normalized spacial score (nSPS) is 16.7. The molecule has 0 N–H and O–H groups in total. The molecule has 1 fully saturated rings. The Morgan fingerprint density at radius 3 is 2.48 bits per heavy atom. The van der Waals surface area contributed by atoms with Crippen LogP contribution in [0.1, 0.15) is 5.56 Å². The SMILES string of the molecule is C=CCN1C(=O)S/C(=C/c2cc(Br)c(OC)c(Br)c2)C1=O. The van der Waals surface area contributed by atoms with Crippen molar-refractivity contribution in [1.29, 1.82) is 0 Å². The second-order valence-corrected chi connectivity index (χ2v) is 6.80. The number of carbonyl (C=O) groups excluding carboxylic acids is 2. The zero-order chi connectivity index (χ0) is 15.6. The Hall–Kier alpha value is -1.05. The van der Waals surface area contributed by atoms with E-state index in [2.05, 4.69) is 38.4 Å². The molecule has 0 radical (unpaired) electrons. The molecule has 0 aromatic heterocycles. The molecule has 1 aliphatic rings. The molecule has 0 unspecified atom stereocenters. The van der Waals surface area contributed by atoms with Crippen molar-refractivity contribution < 1.29 is 14.3 Å². The van der Waals surface area contributed by atoms with Gasteiger partial charge in [-0.2, -0.15) is 0 Å². The third-order valence-corrected chi connectivity index (χ3v) is 4.79. The molecule has 1 heterocycles. The Morgan fingerprint density at radius 2 is 1.95 bits per heavy atom. The van der Waals surface area contributed by atoms with Crippen molar-refractivity contribution in [2.24, 2.45) is 0 Å². The molecule has 1 aliphatic heterocycles. The van der Waals surface area contributed by atoms with Crippen molar-refractivity contribution in [2.75, 3.05) is 13.7 Å². The van der Waals surface area contributed by atoms with Gasteiger partial charge in [0.25, 0.3) is 11.1 Å². The first kappa shape index (κ1) is 16.3. The highest BCUT2D eigenvalue weighted by Crippen LogP contribution is 2.37. The van der Waals surface area contributed by atoms with Crippen LogP contribution >= 0.6 is 43.6 Å². The lowest BCUT2D eigenvalue weighted by molar-refractivity contribution is -0.122. The maximum atomic E-state index is 12.1. The third-order valence-electron chi connectivity index (χ3n) is 2.71. The standard InChI is InChI=1S/C14H11Br2NO3S/c1-3-4-17-13(18)11(21-14(17)19)7-8-5-9(15)12(20-2)10(16)6-8/h3,5-7H,1,4H2,2H3/b11-7+. The van der Waals surface area contributed by atoms with Gasteiger partial charge in [0.1, 0.15) is 5.75 Å². The summed E-state index contributed by atoms with van der Waals surface area (Å²) in [5.41, 5.74) is 0.790. The zero-order valence-corrected chi connectivity index (χ0v) is 15.0. The van der Waals surface area contributed by atoms with Gasteiger partial charge in [-0.3, -0.25) is 14.5 Å². The molecule has 110 valence electrons. The lowest BCUT2D eigenvalue weighted by Gasteiger charge is -2.08. The number of hydrogen-bond donors (Lipinski definition) is 0. The summed E-state index contributed by atoms with van der Waals surface area (Å²) < 4.78 is 6.75. The second kappa shape index (κ2) is 6.81. The van der Waals surface area contributed by atoms with Crippen molar-refractivity contribution in [3.05, 3.63) is 44.2 Å². The monoisotopic (exact) mass is 431 g/mol. The first-order chi connectivity index (χ1) is 9.97. The van der Waals surface area contributed by atoms with Crippen LogP contribution in [0.2, 0.25) is 0 Å². The van der Waals surface area contributed by atoms with E-state index in [4.69, 9.17) is 4.74 Å². The Labute approximate surface area is 143 Å². The minimum Gasteiger partial charge on any atom is -0.494 e. The van der Waals surface area contributed by atoms with E-state index >= 15 is 0 Å². The van der Waals surface area contributed by atoms with Gasteiger partial charge in [-0.15, -0.1) is 6.58 Å². The number of benzene rings is 1. The second-order valence-electron chi connectivity index (χ2n) is 4.10. The van der Waals surface area contributed by atoms with Gasteiger partial charge in [0, 0.05) is 6.54 Å². The zero-order valence-electron chi connectivity index (χ0n) is 11.1. The Bertz CT molecular complexity index is 635. The molecule has 1 aromatic carbocycles. The van der Waals surface area contributed by atoms with E-state index < -0.39 is 0 Å². The van der Waals surface area contributed by atoms with Crippen LogP contribution in [0.25, 0.3) is 6.08 Å². The number of rotatable bonds is 4. The molecule has 0 aliphatic carbocycles. The smallest absolute Gasteiger partial charge is 0.293 e. The Balaban J connectivity index is 2.35. The van der Waals surface area contributed by atoms with Crippen molar-refractivity contribution >= 4 is 60.8 Å². The van der Waals surface area contributed by atoms with Crippen LogP contribution in [-0.4, -0.2) is 29.7 Å². The summed E-state index contributed by atoms with van der Waals surface area (Å²) in [6, 6.07) is 3.65. The summed E-state index contributed by atoms with van der Waals surface area (Å²) in [5, 5.41) is -0.280. The first-order valence-electron chi connectivity index (χ1n) is 5.87. The third kappa shape index (κ3) is 3.41. The van der Waals surface area contributed by atoms with Crippen LogP contribution in [0.3, 0.4) is 0 Å². The summed E-state index contributed by atoms with van der Waals surface area (Å²) in [5.74, 6) is 0.375. The minimum absolute atomic E-state index is 0.220.